The zero-order valence-corrected chi connectivity index (χ0v) is 8.27. The van der Waals surface area contributed by atoms with E-state index >= 15 is 0 Å². The number of para-hydroxylation sites is 1. The van der Waals surface area contributed by atoms with Gasteiger partial charge in [-0.2, -0.15) is 0 Å². The van der Waals surface area contributed by atoms with Gasteiger partial charge in [0.1, 0.15) is 0 Å². The minimum Gasteiger partial charge on any atom is -0.386 e. The lowest BCUT2D eigenvalue weighted by Gasteiger charge is -1.96. The maximum absolute atomic E-state index is 3.48. The van der Waals surface area contributed by atoms with Crippen LogP contribution in [-0.2, 0) is 0 Å². The first kappa shape index (κ1) is 7.68. The first-order valence-corrected chi connectivity index (χ1v) is 4.55. The molecule has 12 heavy (non-hydrogen) atoms. The third kappa shape index (κ3) is 1.01. The van der Waals surface area contributed by atoms with Crippen LogP contribution in [0.5, 0.6) is 0 Å². The van der Waals surface area contributed by atoms with Crippen molar-refractivity contribution in [1.82, 2.24) is 4.98 Å². The Morgan fingerprint density at radius 2 is 2.25 bits per heavy atom. The standard InChI is InChI=1S/C9H9BrN2/c1-11-8-5-12-9-6(8)3-2-4-7(9)10/h2-5,11-12H,1H3. The van der Waals surface area contributed by atoms with Crippen LogP contribution in [0, 0.1) is 0 Å². The average molecular weight is 225 g/mol. The Balaban J connectivity index is 2.80. The number of anilines is 1. The summed E-state index contributed by atoms with van der Waals surface area (Å²) in [6.07, 6.45) is 1.97. The van der Waals surface area contributed by atoms with Crippen molar-refractivity contribution in [2.24, 2.45) is 0 Å². The predicted octanol–water partition coefficient (Wildman–Crippen LogP) is 2.97. The highest BCUT2D eigenvalue weighted by atomic mass is 79.9. The SMILES string of the molecule is CNc1c[nH]c2c(Br)cccc12. The lowest BCUT2D eigenvalue weighted by atomic mass is 10.2. The van der Waals surface area contributed by atoms with E-state index in [1.165, 1.54) is 5.39 Å². The maximum Gasteiger partial charge on any atom is 0.0619 e. The van der Waals surface area contributed by atoms with Crippen molar-refractivity contribution in [2.45, 2.75) is 0 Å². The molecule has 1 aromatic carbocycles. The summed E-state index contributed by atoms with van der Waals surface area (Å²) in [5.74, 6) is 0. The molecule has 0 amide bonds. The third-order valence-corrected chi connectivity index (χ3v) is 2.59. The highest BCUT2D eigenvalue weighted by Gasteiger charge is 2.02. The van der Waals surface area contributed by atoms with Gasteiger partial charge in [0.15, 0.2) is 0 Å². The number of hydrogen-bond acceptors (Lipinski definition) is 1. The van der Waals surface area contributed by atoms with Gasteiger partial charge in [-0.1, -0.05) is 12.1 Å². The van der Waals surface area contributed by atoms with E-state index in [0.29, 0.717) is 0 Å². The molecule has 2 aromatic rings. The molecule has 0 saturated heterocycles. The molecule has 2 N–H and O–H groups in total. The molecule has 0 radical (unpaired) electrons. The van der Waals surface area contributed by atoms with Crippen LogP contribution in [0.2, 0.25) is 0 Å². The molecule has 2 rings (SSSR count). The maximum atomic E-state index is 3.48. The molecule has 0 atom stereocenters. The Hall–Kier alpha value is -0.960. The Bertz CT molecular complexity index is 406. The van der Waals surface area contributed by atoms with Gasteiger partial charge >= 0.3 is 0 Å². The van der Waals surface area contributed by atoms with E-state index in [9.17, 15) is 0 Å². The average Bonchev–Trinajstić information content (AvgIpc) is 2.49. The molecule has 0 bridgehead atoms. The first-order chi connectivity index (χ1) is 5.83. The van der Waals surface area contributed by atoms with E-state index in [4.69, 9.17) is 0 Å². The highest BCUT2D eigenvalue weighted by molar-refractivity contribution is 9.10. The smallest absolute Gasteiger partial charge is 0.0619 e. The van der Waals surface area contributed by atoms with Gasteiger partial charge in [0.2, 0.25) is 0 Å². The molecular formula is C9H9BrN2. The van der Waals surface area contributed by atoms with Gasteiger partial charge in [0.25, 0.3) is 0 Å². The number of nitrogens with one attached hydrogen (secondary N) is 2. The van der Waals surface area contributed by atoms with Crippen molar-refractivity contribution in [3.05, 3.63) is 28.9 Å². The van der Waals surface area contributed by atoms with Gasteiger partial charge in [-0.25, -0.2) is 0 Å². The molecule has 0 spiro atoms. The number of H-pyrrole nitrogens is 1. The summed E-state index contributed by atoms with van der Waals surface area (Å²) in [5.41, 5.74) is 2.27. The fraction of sp³-hybridized carbons (Fsp3) is 0.111. The second-order valence-corrected chi connectivity index (χ2v) is 3.47. The molecule has 62 valence electrons. The Morgan fingerprint density at radius 3 is 3.00 bits per heavy atom. The van der Waals surface area contributed by atoms with Crippen LogP contribution in [0.4, 0.5) is 5.69 Å². The van der Waals surface area contributed by atoms with Gasteiger partial charge in [-0.15, -0.1) is 0 Å². The van der Waals surface area contributed by atoms with Crippen molar-refractivity contribution in [1.29, 1.82) is 0 Å². The van der Waals surface area contributed by atoms with Crippen LogP contribution in [0.3, 0.4) is 0 Å². The van der Waals surface area contributed by atoms with Crippen LogP contribution < -0.4 is 5.32 Å². The summed E-state index contributed by atoms with van der Waals surface area (Å²) in [5, 5.41) is 4.34. The van der Waals surface area contributed by atoms with Gasteiger partial charge in [0.05, 0.1) is 11.2 Å². The summed E-state index contributed by atoms with van der Waals surface area (Å²) in [6, 6.07) is 6.14. The summed E-state index contributed by atoms with van der Waals surface area (Å²) in [4.78, 5) is 3.20. The molecular weight excluding hydrogens is 216 g/mol. The van der Waals surface area contributed by atoms with Crippen molar-refractivity contribution in [3.8, 4) is 0 Å². The molecule has 0 unspecified atom stereocenters. The first-order valence-electron chi connectivity index (χ1n) is 3.76. The number of fused-ring (bicyclic) bond motifs is 1. The van der Waals surface area contributed by atoms with Crippen LogP contribution in [0.15, 0.2) is 28.9 Å². The van der Waals surface area contributed by atoms with Crippen LogP contribution in [-0.4, -0.2) is 12.0 Å². The molecule has 1 heterocycles. The molecule has 1 aromatic heterocycles. The topological polar surface area (TPSA) is 27.8 Å². The van der Waals surface area contributed by atoms with Gasteiger partial charge in [-0.05, 0) is 22.0 Å². The summed E-state index contributed by atoms with van der Waals surface area (Å²) in [6.45, 7) is 0. The number of aromatic amines is 1. The molecule has 0 aliphatic rings. The van der Waals surface area contributed by atoms with Crippen molar-refractivity contribution >= 4 is 32.5 Å². The number of benzene rings is 1. The van der Waals surface area contributed by atoms with E-state index in [1.54, 1.807) is 0 Å². The van der Waals surface area contributed by atoms with E-state index in [0.717, 1.165) is 15.7 Å². The summed E-state index contributed by atoms with van der Waals surface area (Å²) >= 11 is 3.48. The molecule has 2 nitrogen and oxygen atoms in total. The lowest BCUT2D eigenvalue weighted by molar-refractivity contribution is 1.44. The number of aromatic nitrogens is 1. The van der Waals surface area contributed by atoms with E-state index in [1.807, 2.05) is 25.4 Å². The predicted molar refractivity (Wildman–Crippen MR) is 55.5 cm³/mol. The molecule has 0 aliphatic heterocycles. The third-order valence-electron chi connectivity index (χ3n) is 1.93. The van der Waals surface area contributed by atoms with Crippen molar-refractivity contribution in [2.75, 3.05) is 12.4 Å². The minimum atomic E-state index is 1.10. The highest BCUT2D eigenvalue weighted by Crippen LogP contribution is 2.28. The monoisotopic (exact) mass is 224 g/mol. The quantitative estimate of drug-likeness (QED) is 0.767. The minimum absolute atomic E-state index is 1.10. The molecule has 3 heteroatoms. The second kappa shape index (κ2) is 2.83. The zero-order valence-electron chi connectivity index (χ0n) is 6.69. The van der Waals surface area contributed by atoms with Crippen LogP contribution in [0.25, 0.3) is 10.9 Å². The molecule has 0 saturated carbocycles. The fourth-order valence-corrected chi connectivity index (χ4v) is 1.80. The molecule has 0 aliphatic carbocycles. The van der Waals surface area contributed by atoms with Gasteiger partial charge in [-0.3, -0.25) is 0 Å². The van der Waals surface area contributed by atoms with E-state index in [2.05, 4.69) is 32.3 Å². The second-order valence-electron chi connectivity index (χ2n) is 2.61. The van der Waals surface area contributed by atoms with Crippen LogP contribution in [0.1, 0.15) is 0 Å². The number of hydrogen-bond donors (Lipinski definition) is 2. The Labute approximate surface area is 79.1 Å². The summed E-state index contributed by atoms with van der Waals surface area (Å²) < 4.78 is 1.10. The summed E-state index contributed by atoms with van der Waals surface area (Å²) in [7, 11) is 1.92. The van der Waals surface area contributed by atoms with E-state index < -0.39 is 0 Å². The Morgan fingerprint density at radius 1 is 1.42 bits per heavy atom. The van der Waals surface area contributed by atoms with Crippen LogP contribution >= 0.6 is 15.9 Å². The number of halogens is 1. The zero-order chi connectivity index (χ0) is 8.55. The normalized spacial score (nSPS) is 10.5. The fourth-order valence-electron chi connectivity index (χ4n) is 1.32. The largest absolute Gasteiger partial charge is 0.386 e. The Kier molecular flexibility index (Phi) is 1.81. The van der Waals surface area contributed by atoms with Crippen molar-refractivity contribution < 1.29 is 0 Å². The lowest BCUT2D eigenvalue weighted by Crippen LogP contribution is -1.84. The van der Waals surface area contributed by atoms with Gasteiger partial charge < -0.3 is 10.3 Å². The van der Waals surface area contributed by atoms with E-state index in [-0.39, 0.29) is 0 Å². The number of rotatable bonds is 1. The molecule has 0 fully saturated rings. The van der Waals surface area contributed by atoms with Gasteiger partial charge in [0, 0.05) is 23.1 Å². The van der Waals surface area contributed by atoms with Crippen molar-refractivity contribution in [3.63, 3.8) is 0 Å².